The van der Waals surface area contributed by atoms with E-state index in [4.69, 9.17) is 4.42 Å². The van der Waals surface area contributed by atoms with E-state index in [9.17, 15) is 0 Å². The molecule has 0 saturated heterocycles. The standard InChI is InChI=1S/C14H11NO.C2H6/c1-10-15-14(9-16-10)13-8-4-6-11-5-2-3-7-12(11)13;1-2/h2-9H,1H3;1-2H3. The van der Waals surface area contributed by atoms with Crippen LogP contribution in [-0.4, -0.2) is 4.98 Å². The number of hydrogen-bond donors (Lipinski definition) is 0. The van der Waals surface area contributed by atoms with Crippen LogP contribution in [0.5, 0.6) is 0 Å². The first-order valence-corrected chi connectivity index (χ1v) is 6.25. The first-order chi connectivity index (χ1) is 8.84. The Morgan fingerprint density at radius 1 is 0.944 bits per heavy atom. The molecule has 1 aromatic heterocycles. The van der Waals surface area contributed by atoms with Gasteiger partial charge >= 0.3 is 0 Å². The average molecular weight is 239 g/mol. The van der Waals surface area contributed by atoms with Crippen LogP contribution in [0.15, 0.2) is 53.1 Å². The molecule has 2 aromatic carbocycles. The summed E-state index contributed by atoms with van der Waals surface area (Å²) < 4.78 is 5.26. The first-order valence-electron chi connectivity index (χ1n) is 6.25. The van der Waals surface area contributed by atoms with Crippen molar-refractivity contribution in [1.82, 2.24) is 4.98 Å². The number of rotatable bonds is 1. The Bertz CT molecular complexity index is 635. The maximum atomic E-state index is 5.26. The van der Waals surface area contributed by atoms with E-state index in [-0.39, 0.29) is 0 Å². The molecule has 2 heteroatoms. The van der Waals surface area contributed by atoms with Crippen LogP contribution in [0.1, 0.15) is 19.7 Å². The lowest BCUT2D eigenvalue weighted by Gasteiger charge is -2.02. The summed E-state index contributed by atoms with van der Waals surface area (Å²) in [6, 6.07) is 14.5. The number of fused-ring (bicyclic) bond motifs is 1. The topological polar surface area (TPSA) is 26.0 Å². The Morgan fingerprint density at radius 3 is 2.39 bits per heavy atom. The van der Waals surface area contributed by atoms with Crippen LogP contribution in [-0.2, 0) is 0 Å². The number of aryl methyl sites for hydroxylation is 1. The van der Waals surface area contributed by atoms with Gasteiger partial charge in [-0.15, -0.1) is 0 Å². The molecule has 0 bridgehead atoms. The van der Waals surface area contributed by atoms with Crippen LogP contribution < -0.4 is 0 Å². The van der Waals surface area contributed by atoms with Gasteiger partial charge in [-0.05, 0) is 10.8 Å². The molecule has 0 radical (unpaired) electrons. The number of aromatic nitrogens is 1. The minimum Gasteiger partial charge on any atom is -0.449 e. The second-order valence-corrected chi connectivity index (χ2v) is 3.78. The van der Waals surface area contributed by atoms with E-state index in [2.05, 4.69) is 29.2 Å². The maximum absolute atomic E-state index is 5.26. The van der Waals surface area contributed by atoms with Gasteiger partial charge < -0.3 is 4.42 Å². The molecular weight excluding hydrogens is 222 g/mol. The normalized spacial score (nSPS) is 9.94. The van der Waals surface area contributed by atoms with E-state index in [0.29, 0.717) is 5.89 Å². The van der Waals surface area contributed by atoms with Gasteiger partial charge in [-0.3, -0.25) is 0 Å². The number of hydrogen-bond acceptors (Lipinski definition) is 2. The molecule has 92 valence electrons. The first kappa shape index (κ1) is 12.4. The number of benzene rings is 2. The largest absolute Gasteiger partial charge is 0.449 e. The van der Waals surface area contributed by atoms with Crippen molar-refractivity contribution in [2.75, 3.05) is 0 Å². The molecule has 0 N–H and O–H groups in total. The van der Waals surface area contributed by atoms with Crippen molar-refractivity contribution in [3.8, 4) is 11.3 Å². The molecule has 0 saturated carbocycles. The van der Waals surface area contributed by atoms with Crippen LogP contribution in [0.4, 0.5) is 0 Å². The summed E-state index contributed by atoms with van der Waals surface area (Å²) in [5.74, 6) is 0.697. The highest BCUT2D eigenvalue weighted by Crippen LogP contribution is 2.27. The maximum Gasteiger partial charge on any atom is 0.191 e. The summed E-state index contributed by atoms with van der Waals surface area (Å²) in [6.45, 7) is 5.86. The minimum atomic E-state index is 0.697. The monoisotopic (exact) mass is 239 g/mol. The third kappa shape index (κ3) is 2.28. The highest BCUT2D eigenvalue weighted by atomic mass is 16.3. The third-order valence-electron chi connectivity index (χ3n) is 2.68. The fourth-order valence-corrected chi connectivity index (χ4v) is 1.94. The van der Waals surface area contributed by atoms with Gasteiger partial charge in [-0.2, -0.15) is 0 Å². The SMILES string of the molecule is CC.Cc1nc(-c2cccc3ccccc23)co1. The molecule has 18 heavy (non-hydrogen) atoms. The predicted molar refractivity (Wildman–Crippen MR) is 75.5 cm³/mol. The second kappa shape index (κ2) is 5.50. The molecule has 0 amide bonds. The van der Waals surface area contributed by atoms with Crippen molar-refractivity contribution < 1.29 is 4.42 Å². The minimum absolute atomic E-state index is 0.697. The molecule has 0 aliphatic heterocycles. The van der Waals surface area contributed by atoms with Crippen LogP contribution in [0.25, 0.3) is 22.0 Å². The third-order valence-corrected chi connectivity index (χ3v) is 2.68. The highest BCUT2D eigenvalue weighted by Gasteiger charge is 2.06. The smallest absolute Gasteiger partial charge is 0.191 e. The van der Waals surface area contributed by atoms with Gasteiger partial charge in [0.05, 0.1) is 0 Å². The van der Waals surface area contributed by atoms with Gasteiger partial charge in [0, 0.05) is 12.5 Å². The zero-order chi connectivity index (χ0) is 13.0. The summed E-state index contributed by atoms with van der Waals surface area (Å²) in [4.78, 5) is 4.36. The van der Waals surface area contributed by atoms with Crippen molar-refractivity contribution in [2.24, 2.45) is 0 Å². The van der Waals surface area contributed by atoms with Gasteiger partial charge in [0.2, 0.25) is 0 Å². The van der Waals surface area contributed by atoms with Crippen LogP contribution in [0.3, 0.4) is 0 Å². The van der Waals surface area contributed by atoms with Crippen molar-refractivity contribution in [3.63, 3.8) is 0 Å². The molecule has 3 aromatic rings. The fraction of sp³-hybridized carbons (Fsp3) is 0.188. The second-order valence-electron chi connectivity index (χ2n) is 3.78. The van der Waals surface area contributed by atoms with E-state index in [1.165, 1.54) is 10.8 Å². The lowest BCUT2D eigenvalue weighted by Crippen LogP contribution is -1.81. The number of oxazole rings is 1. The van der Waals surface area contributed by atoms with E-state index in [1.807, 2.05) is 39.0 Å². The fourth-order valence-electron chi connectivity index (χ4n) is 1.94. The van der Waals surface area contributed by atoms with E-state index >= 15 is 0 Å². The molecule has 0 unspecified atom stereocenters. The van der Waals surface area contributed by atoms with Gasteiger partial charge in [0.1, 0.15) is 12.0 Å². The van der Waals surface area contributed by atoms with E-state index < -0.39 is 0 Å². The Morgan fingerprint density at radius 2 is 1.67 bits per heavy atom. The Labute approximate surface area is 107 Å². The van der Waals surface area contributed by atoms with Crippen LogP contribution >= 0.6 is 0 Å². The molecule has 0 fully saturated rings. The van der Waals surface area contributed by atoms with Gasteiger partial charge in [0.25, 0.3) is 0 Å². The van der Waals surface area contributed by atoms with Crippen LogP contribution in [0, 0.1) is 6.92 Å². The molecule has 0 aliphatic carbocycles. The van der Waals surface area contributed by atoms with Gasteiger partial charge in [-0.1, -0.05) is 56.3 Å². The average Bonchev–Trinajstić information content (AvgIpc) is 2.87. The summed E-state index contributed by atoms with van der Waals surface area (Å²) in [5, 5.41) is 2.43. The lowest BCUT2D eigenvalue weighted by atomic mass is 10.0. The van der Waals surface area contributed by atoms with E-state index in [1.54, 1.807) is 6.26 Å². The van der Waals surface area contributed by atoms with Crippen molar-refractivity contribution in [3.05, 3.63) is 54.6 Å². The summed E-state index contributed by atoms with van der Waals surface area (Å²) in [6.07, 6.45) is 1.71. The Hall–Kier alpha value is -2.09. The van der Waals surface area contributed by atoms with Gasteiger partial charge in [-0.25, -0.2) is 4.98 Å². The van der Waals surface area contributed by atoms with Gasteiger partial charge in [0.15, 0.2) is 5.89 Å². The highest BCUT2D eigenvalue weighted by molar-refractivity contribution is 5.95. The van der Waals surface area contributed by atoms with E-state index in [0.717, 1.165) is 11.3 Å². The summed E-state index contributed by atoms with van der Waals surface area (Å²) in [7, 11) is 0. The molecular formula is C16H17NO. The van der Waals surface area contributed by atoms with Crippen molar-refractivity contribution in [2.45, 2.75) is 20.8 Å². The molecule has 0 spiro atoms. The van der Waals surface area contributed by atoms with Crippen LogP contribution in [0.2, 0.25) is 0 Å². The Balaban J connectivity index is 0.000000574. The molecule has 0 aliphatic rings. The molecule has 2 nitrogen and oxygen atoms in total. The predicted octanol–water partition coefficient (Wildman–Crippen LogP) is 4.83. The lowest BCUT2D eigenvalue weighted by molar-refractivity contribution is 0.521. The zero-order valence-corrected chi connectivity index (χ0v) is 11.0. The quantitative estimate of drug-likeness (QED) is 0.608. The van der Waals surface area contributed by atoms with Crippen molar-refractivity contribution >= 4 is 10.8 Å². The Kier molecular flexibility index (Phi) is 3.78. The van der Waals surface area contributed by atoms with Crippen molar-refractivity contribution in [1.29, 1.82) is 0 Å². The summed E-state index contributed by atoms with van der Waals surface area (Å²) in [5.41, 5.74) is 2.02. The molecule has 0 atom stereocenters. The zero-order valence-electron chi connectivity index (χ0n) is 11.0. The summed E-state index contributed by atoms with van der Waals surface area (Å²) >= 11 is 0. The molecule has 1 heterocycles. The number of nitrogens with zero attached hydrogens (tertiary/aromatic N) is 1. The molecule has 3 rings (SSSR count).